The van der Waals surface area contributed by atoms with Crippen LogP contribution in [0.2, 0.25) is 5.02 Å². The fraction of sp³-hybridized carbons (Fsp3) is 0.200. The predicted octanol–water partition coefficient (Wildman–Crippen LogP) is 2.55. The van der Waals surface area contributed by atoms with Gasteiger partial charge < -0.3 is 4.84 Å². The van der Waals surface area contributed by atoms with Crippen molar-refractivity contribution in [3.05, 3.63) is 34.9 Å². The predicted molar refractivity (Wildman–Crippen MR) is 55.9 cm³/mol. The number of rotatable bonds is 3. The number of carbonyl (C=O) groups excluding carboxylic acids is 1. The summed E-state index contributed by atoms with van der Waals surface area (Å²) < 4.78 is 0. The largest absolute Gasteiger partial charge is 0.399 e. The van der Waals surface area contributed by atoms with Crippen molar-refractivity contribution in [1.29, 1.82) is 0 Å². The molecular formula is C10H10ClNO2. The second kappa shape index (κ2) is 4.77. The fourth-order valence-corrected chi connectivity index (χ4v) is 1.24. The van der Waals surface area contributed by atoms with Gasteiger partial charge in [-0.3, -0.25) is 4.79 Å². The zero-order valence-electron chi connectivity index (χ0n) is 7.95. The number of ketones is 1. The van der Waals surface area contributed by atoms with Gasteiger partial charge in [-0.2, -0.15) is 0 Å². The number of nitrogens with zero attached hydrogens (tertiary/aromatic N) is 1. The van der Waals surface area contributed by atoms with Crippen molar-refractivity contribution >= 4 is 23.1 Å². The number of oxime groups is 1. The van der Waals surface area contributed by atoms with E-state index in [2.05, 4.69) is 9.99 Å². The van der Waals surface area contributed by atoms with E-state index in [1.54, 1.807) is 31.2 Å². The monoisotopic (exact) mass is 211 g/mol. The van der Waals surface area contributed by atoms with Crippen molar-refractivity contribution in [3.8, 4) is 0 Å². The summed E-state index contributed by atoms with van der Waals surface area (Å²) >= 11 is 5.85. The number of halogens is 1. The Labute approximate surface area is 87.3 Å². The lowest BCUT2D eigenvalue weighted by atomic mass is 10.1. The van der Waals surface area contributed by atoms with Gasteiger partial charge in [0.25, 0.3) is 0 Å². The van der Waals surface area contributed by atoms with Gasteiger partial charge in [0, 0.05) is 5.56 Å². The normalized spacial score (nSPS) is 11.2. The van der Waals surface area contributed by atoms with Gasteiger partial charge in [-0.25, -0.2) is 0 Å². The average Bonchev–Trinajstić information content (AvgIpc) is 2.18. The van der Waals surface area contributed by atoms with Crippen LogP contribution in [0.15, 0.2) is 29.4 Å². The van der Waals surface area contributed by atoms with Gasteiger partial charge in [0.15, 0.2) is 0 Å². The van der Waals surface area contributed by atoms with Crippen LogP contribution in [-0.4, -0.2) is 18.6 Å². The highest BCUT2D eigenvalue weighted by atomic mass is 35.5. The number of Topliss-reactive ketones (excluding diaryl/α,β-unsaturated/α-hetero) is 1. The minimum Gasteiger partial charge on any atom is -0.399 e. The third-order valence-corrected chi connectivity index (χ3v) is 2.00. The first kappa shape index (κ1) is 10.7. The van der Waals surface area contributed by atoms with E-state index in [-0.39, 0.29) is 11.5 Å². The van der Waals surface area contributed by atoms with Crippen LogP contribution in [0.25, 0.3) is 0 Å². The lowest BCUT2D eigenvalue weighted by molar-refractivity contribution is 0.105. The van der Waals surface area contributed by atoms with E-state index in [1.165, 1.54) is 7.11 Å². The van der Waals surface area contributed by atoms with Crippen LogP contribution < -0.4 is 0 Å². The lowest BCUT2D eigenvalue weighted by Crippen LogP contribution is -2.11. The summed E-state index contributed by atoms with van der Waals surface area (Å²) in [5.74, 6) is -0.225. The van der Waals surface area contributed by atoms with Crippen molar-refractivity contribution in [1.82, 2.24) is 0 Å². The molecule has 0 amide bonds. The number of hydrogen-bond acceptors (Lipinski definition) is 3. The third kappa shape index (κ3) is 2.33. The van der Waals surface area contributed by atoms with Gasteiger partial charge in [0.2, 0.25) is 5.78 Å². The lowest BCUT2D eigenvalue weighted by Gasteiger charge is -2.01. The molecule has 0 atom stereocenters. The maximum Gasteiger partial charge on any atom is 0.211 e. The molecule has 0 aliphatic carbocycles. The molecule has 0 aromatic heterocycles. The van der Waals surface area contributed by atoms with E-state index >= 15 is 0 Å². The summed E-state index contributed by atoms with van der Waals surface area (Å²) in [5.41, 5.74) is 0.716. The van der Waals surface area contributed by atoms with Crippen LogP contribution in [0.5, 0.6) is 0 Å². The zero-order chi connectivity index (χ0) is 10.6. The molecule has 1 rings (SSSR count). The number of benzene rings is 1. The molecule has 0 fully saturated rings. The average molecular weight is 212 g/mol. The minimum absolute atomic E-state index is 0.225. The zero-order valence-corrected chi connectivity index (χ0v) is 8.71. The van der Waals surface area contributed by atoms with Crippen molar-refractivity contribution < 1.29 is 9.63 Å². The second-order valence-corrected chi connectivity index (χ2v) is 3.08. The minimum atomic E-state index is -0.225. The Bertz CT molecular complexity index is 374. The molecule has 3 nitrogen and oxygen atoms in total. The third-order valence-electron chi connectivity index (χ3n) is 1.68. The molecule has 4 heteroatoms. The van der Waals surface area contributed by atoms with Gasteiger partial charge >= 0.3 is 0 Å². The van der Waals surface area contributed by atoms with Gasteiger partial charge in [0.1, 0.15) is 12.8 Å². The molecule has 0 N–H and O–H groups in total. The van der Waals surface area contributed by atoms with Gasteiger partial charge in [-0.15, -0.1) is 0 Å². The second-order valence-electron chi connectivity index (χ2n) is 2.67. The summed E-state index contributed by atoms with van der Waals surface area (Å²) in [7, 11) is 1.39. The summed E-state index contributed by atoms with van der Waals surface area (Å²) in [6.07, 6.45) is 0. The molecule has 0 radical (unpaired) electrons. The van der Waals surface area contributed by atoms with E-state index in [0.717, 1.165) is 0 Å². The van der Waals surface area contributed by atoms with Gasteiger partial charge in [-0.1, -0.05) is 28.9 Å². The van der Waals surface area contributed by atoms with E-state index in [0.29, 0.717) is 10.6 Å². The number of carbonyl (C=O) groups is 1. The molecule has 14 heavy (non-hydrogen) atoms. The summed E-state index contributed by atoms with van der Waals surface area (Å²) in [4.78, 5) is 16.2. The molecule has 1 aromatic rings. The Hall–Kier alpha value is -1.35. The van der Waals surface area contributed by atoms with Crippen molar-refractivity contribution in [2.24, 2.45) is 5.16 Å². The smallest absolute Gasteiger partial charge is 0.211 e. The van der Waals surface area contributed by atoms with E-state index in [1.807, 2.05) is 0 Å². The van der Waals surface area contributed by atoms with E-state index in [4.69, 9.17) is 11.6 Å². The Morgan fingerprint density at radius 2 is 2.07 bits per heavy atom. The maximum absolute atomic E-state index is 11.7. The Kier molecular flexibility index (Phi) is 3.65. The fourth-order valence-electron chi connectivity index (χ4n) is 1.02. The highest BCUT2D eigenvalue weighted by molar-refractivity contribution is 6.48. The van der Waals surface area contributed by atoms with Gasteiger partial charge in [-0.05, 0) is 19.1 Å². The summed E-state index contributed by atoms with van der Waals surface area (Å²) in [5, 5.41) is 3.97. The molecule has 0 unspecified atom stereocenters. The molecule has 0 spiro atoms. The van der Waals surface area contributed by atoms with Crippen molar-refractivity contribution in [2.45, 2.75) is 6.92 Å². The first-order valence-corrected chi connectivity index (χ1v) is 4.41. The maximum atomic E-state index is 11.7. The van der Waals surface area contributed by atoms with Crippen molar-refractivity contribution in [2.75, 3.05) is 7.11 Å². The molecule has 0 saturated carbocycles. The first-order valence-electron chi connectivity index (χ1n) is 4.03. The molecule has 0 aliphatic heterocycles. The molecule has 1 aromatic carbocycles. The SMILES string of the molecule is CO/N=C(\C)C(=O)c1ccccc1Cl. The molecule has 0 aliphatic rings. The Morgan fingerprint density at radius 3 is 2.64 bits per heavy atom. The molecule has 0 bridgehead atoms. The standard InChI is InChI=1S/C10H10ClNO2/c1-7(12-14-2)10(13)8-5-3-4-6-9(8)11/h3-6H,1-2H3/b12-7+. The van der Waals surface area contributed by atoms with E-state index < -0.39 is 0 Å². The van der Waals surface area contributed by atoms with Gasteiger partial charge in [0.05, 0.1) is 5.02 Å². The molecule has 0 heterocycles. The molecular weight excluding hydrogens is 202 g/mol. The topological polar surface area (TPSA) is 38.7 Å². The highest BCUT2D eigenvalue weighted by Crippen LogP contribution is 2.15. The summed E-state index contributed by atoms with van der Waals surface area (Å²) in [6, 6.07) is 6.83. The Balaban J connectivity index is 3.01. The van der Waals surface area contributed by atoms with Crippen LogP contribution in [0.1, 0.15) is 17.3 Å². The molecule has 74 valence electrons. The quantitative estimate of drug-likeness (QED) is 0.438. The number of hydrogen-bond donors (Lipinski definition) is 0. The van der Waals surface area contributed by atoms with Crippen LogP contribution in [0.3, 0.4) is 0 Å². The first-order chi connectivity index (χ1) is 6.66. The highest BCUT2D eigenvalue weighted by Gasteiger charge is 2.12. The summed E-state index contributed by atoms with van der Waals surface area (Å²) in [6.45, 7) is 1.58. The van der Waals surface area contributed by atoms with Crippen LogP contribution in [0.4, 0.5) is 0 Å². The van der Waals surface area contributed by atoms with E-state index in [9.17, 15) is 4.79 Å². The van der Waals surface area contributed by atoms with Crippen molar-refractivity contribution in [3.63, 3.8) is 0 Å². The van der Waals surface area contributed by atoms with Crippen LogP contribution >= 0.6 is 11.6 Å². The van der Waals surface area contributed by atoms with Crippen LogP contribution in [-0.2, 0) is 4.84 Å². The molecule has 0 saturated heterocycles. The van der Waals surface area contributed by atoms with Crippen LogP contribution in [0, 0.1) is 0 Å². The Morgan fingerprint density at radius 1 is 1.43 bits per heavy atom.